The van der Waals surface area contributed by atoms with Crippen LogP contribution in [0, 0.1) is 18.7 Å². The van der Waals surface area contributed by atoms with Gasteiger partial charge in [0.05, 0.1) is 11.6 Å². The van der Waals surface area contributed by atoms with E-state index in [-0.39, 0.29) is 18.3 Å². The van der Waals surface area contributed by atoms with E-state index in [9.17, 15) is 9.18 Å². The average Bonchev–Trinajstić information content (AvgIpc) is 3.09. The van der Waals surface area contributed by atoms with Crippen LogP contribution < -0.4 is 10.2 Å². The lowest BCUT2D eigenvalue weighted by molar-refractivity contribution is -0.116. The number of hydrogen-bond acceptors (Lipinski definition) is 5. The molecule has 1 aliphatic rings. The van der Waals surface area contributed by atoms with Gasteiger partial charge >= 0.3 is 0 Å². The number of halogens is 1. The molecule has 0 spiro atoms. The van der Waals surface area contributed by atoms with Gasteiger partial charge in [-0.1, -0.05) is 13.0 Å². The van der Waals surface area contributed by atoms with E-state index in [1.807, 2.05) is 0 Å². The largest absolute Gasteiger partial charge is 0.356 e. The zero-order valence-electron chi connectivity index (χ0n) is 16.0. The van der Waals surface area contributed by atoms with Crippen molar-refractivity contribution in [3.63, 3.8) is 0 Å². The van der Waals surface area contributed by atoms with E-state index in [1.54, 1.807) is 29.9 Å². The smallest absolute Gasteiger partial charge is 0.246 e. The Morgan fingerprint density at radius 2 is 2.07 bits per heavy atom. The minimum absolute atomic E-state index is 0.00700. The monoisotopic (exact) mass is 382 g/mol. The van der Waals surface area contributed by atoms with Crippen LogP contribution in [0.25, 0.3) is 11.0 Å². The van der Waals surface area contributed by atoms with Crippen molar-refractivity contribution >= 4 is 28.4 Å². The van der Waals surface area contributed by atoms with Crippen LogP contribution in [-0.2, 0) is 11.3 Å². The van der Waals surface area contributed by atoms with E-state index >= 15 is 0 Å². The molecule has 4 rings (SSSR count). The number of carbonyl (C=O) groups excluding carboxylic acids is 1. The van der Waals surface area contributed by atoms with E-state index in [0.29, 0.717) is 16.9 Å². The number of benzene rings is 1. The van der Waals surface area contributed by atoms with Crippen molar-refractivity contribution in [1.82, 2.24) is 19.7 Å². The third-order valence-corrected chi connectivity index (χ3v) is 5.33. The van der Waals surface area contributed by atoms with Gasteiger partial charge in [0, 0.05) is 24.3 Å². The molecule has 1 aromatic carbocycles. The Labute approximate surface area is 162 Å². The van der Waals surface area contributed by atoms with E-state index in [2.05, 4.69) is 32.2 Å². The topological polar surface area (TPSA) is 75.9 Å². The number of carbonyl (C=O) groups is 1. The lowest BCUT2D eigenvalue weighted by atomic mass is 9.99. The highest BCUT2D eigenvalue weighted by molar-refractivity contribution is 5.93. The van der Waals surface area contributed by atoms with E-state index in [0.717, 1.165) is 43.1 Å². The molecule has 3 heterocycles. The second-order valence-corrected chi connectivity index (χ2v) is 7.37. The Morgan fingerprint density at radius 3 is 2.86 bits per heavy atom. The molecule has 1 N–H and O–H groups in total. The fraction of sp³-hybridized carbons (Fsp3) is 0.400. The molecular weight excluding hydrogens is 359 g/mol. The summed E-state index contributed by atoms with van der Waals surface area (Å²) in [7, 11) is 0. The second-order valence-electron chi connectivity index (χ2n) is 7.37. The molecule has 0 aliphatic carbocycles. The molecule has 1 saturated heterocycles. The first-order chi connectivity index (χ1) is 13.5. The highest BCUT2D eigenvalue weighted by Crippen LogP contribution is 2.27. The molecule has 3 aromatic rings. The Kier molecular flexibility index (Phi) is 4.93. The molecular formula is C20H23FN6O. The number of piperidine rings is 1. The summed E-state index contributed by atoms with van der Waals surface area (Å²) < 4.78 is 15.2. The van der Waals surface area contributed by atoms with Crippen molar-refractivity contribution in [2.75, 3.05) is 23.3 Å². The van der Waals surface area contributed by atoms with Crippen molar-refractivity contribution in [3.05, 3.63) is 42.1 Å². The quantitative estimate of drug-likeness (QED) is 0.750. The van der Waals surface area contributed by atoms with Gasteiger partial charge in [-0.25, -0.2) is 19.0 Å². The van der Waals surface area contributed by atoms with Crippen LogP contribution in [0.1, 0.15) is 25.3 Å². The number of nitrogens with zero attached hydrogens (tertiary/aromatic N) is 5. The molecule has 28 heavy (non-hydrogen) atoms. The summed E-state index contributed by atoms with van der Waals surface area (Å²) in [5.41, 5.74) is 1.49. The predicted molar refractivity (Wildman–Crippen MR) is 106 cm³/mol. The molecule has 1 amide bonds. The van der Waals surface area contributed by atoms with Crippen LogP contribution in [0.2, 0.25) is 0 Å². The van der Waals surface area contributed by atoms with Crippen LogP contribution in [0.15, 0.2) is 30.7 Å². The van der Waals surface area contributed by atoms with Gasteiger partial charge in [-0.2, -0.15) is 5.10 Å². The first kappa shape index (κ1) is 18.3. The lowest BCUT2D eigenvalue weighted by Gasteiger charge is -2.31. The molecule has 0 bridgehead atoms. The van der Waals surface area contributed by atoms with Crippen LogP contribution in [-0.4, -0.2) is 38.7 Å². The SMILES string of the molecule is Cc1c(F)cccc1NC(=O)Cn1ncc2c(N3CCC(C)CC3)ncnc21. The Hall–Kier alpha value is -3.03. The normalized spacial score (nSPS) is 15.2. The number of nitrogens with one attached hydrogen (secondary N) is 1. The fourth-order valence-electron chi connectivity index (χ4n) is 3.54. The summed E-state index contributed by atoms with van der Waals surface area (Å²) in [6.45, 7) is 5.81. The average molecular weight is 382 g/mol. The third-order valence-electron chi connectivity index (χ3n) is 5.33. The van der Waals surface area contributed by atoms with E-state index in [4.69, 9.17) is 0 Å². The van der Waals surface area contributed by atoms with E-state index < -0.39 is 0 Å². The summed E-state index contributed by atoms with van der Waals surface area (Å²) >= 11 is 0. The number of fused-ring (bicyclic) bond motifs is 1. The van der Waals surface area contributed by atoms with Gasteiger partial charge in [-0.15, -0.1) is 0 Å². The maximum absolute atomic E-state index is 13.7. The standard InChI is InChI=1S/C20H23FN6O/c1-13-6-8-26(9-7-13)19-15-10-24-27(20(15)23-12-22-19)11-18(28)25-17-5-3-4-16(21)14(17)2/h3-5,10,12-13H,6-9,11H2,1-2H3,(H,25,28). The second kappa shape index (κ2) is 7.53. The molecule has 1 fully saturated rings. The molecule has 0 saturated carbocycles. The first-order valence-electron chi connectivity index (χ1n) is 9.49. The summed E-state index contributed by atoms with van der Waals surface area (Å²) in [5.74, 6) is 0.956. The van der Waals surface area contributed by atoms with Crippen molar-refractivity contribution < 1.29 is 9.18 Å². The lowest BCUT2D eigenvalue weighted by Crippen LogP contribution is -2.33. The Bertz CT molecular complexity index is 1010. The number of aromatic nitrogens is 4. The molecule has 7 nitrogen and oxygen atoms in total. The summed E-state index contributed by atoms with van der Waals surface area (Å²) in [6.07, 6.45) is 5.50. The third kappa shape index (κ3) is 3.54. The van der Waals surface area contributed by atoms with Crippen molar-refractivity contribution in [3.8, 4) is 0 Å². The zero-order valence-corrected chi connectivity index (χ0v) is 16.0. The maximum atomic E-state index is 13.7. The van der Waals surface area contributed by atoms with Gasteiger partial charge in [0.2, 0.25) is 5.91 Å². The molecule has 2 aromatic heterocycles. The number of amides is 1. The van der Waals surface area contributed by atoms with Crippen LogP contribution in [0.4, 0.5) is 15.9 Å². The predicted octanol–water partition coefficient (Wildman–Crippen LogP) is 3.15. The number of hydrogen-bond donors (Lipinski definition) is 1. The van der Waals surface area contributed by atoms with Gasteiger partial charge in [0.15, 0.2) is 5.65 Å². The highest BCUT2D eigenvalue weighted by atomic mass is 19.1. The van der Waals surface area contributed by atoms with Crippen LogP contribution >= 0.6 is 0 Å². The van der Waals surface area contributed by atoms with Crippen molar-refractivity contribution in [2.45, 2.75) is 33.2 Å². The molecule has 8 heteroatoms. The van der Waals surface area contributed by atoms with Crippen LogP contribution in [0.5, 0.6) is 0 Å². The fourth-order valence-corrected chi connectivity index (χ4v) is 3.54. The zero-order chi connectivity index (χ0) is 19.7. The highest BCUT2D eigenvalue weighted by Gasteiger charge is 2.21. The van der Waals surface area contributed by atoms with Gasteiger partial charge in [-0.3, -0.25) is 4.79 Å². The molecule has 1 aliphatic heterocycles. The molecule has 146 valence electrons. The first-order valence-corrected chi connectivity index (χ1v) is 9.49. The number of rotatable bonds is 4. The minimum Gasteiger partial charge on any atom is -0.356 e. The van der Waals surface area contributed by atoms with E-state index in [1.165, 1.54) is 12.4 Å². The van der Waals surface area contributed by atoms with Gasteiger partial charge in [0.25, 0.3) is 0 Å². The van der Waals surface area contributed by atoms with Gasteiger partial charge in [0.1, 0.15) is 24.5 Å². The Balaban J connectivity index is 1.54. The van der Waals surface area contributed by atoms with Crippen LogP contribution in [0.3, 0.4) is 0 Å². The summed E-state index contributed by atoms with van der Waals surface area (Å²) in [6, 6.07) is 4.61. The minimum atomic E-state index is -0.351. The van der Waals surface area contributed by atoms with Crippen molar-refractivity contribution in [2.24, 2.45) is 5.92 Å². The molecule has 0 radical (unpaired) electrons. The van der Waals surface area contributed by atoms with Gasteiger partial charge in [-0.05, 0) is 37.8 Å². The van der Waals surface area contributed by atoms with Crippen molar-refractivity contribution in [1.29, 1.82) is 0 Å². The Morgan fingerprint density at radius 1 is 1.29 bits per heavy atom. The maximum Gasteiger partial charge on any atom is 0.246 e. The summed E-state index contributed by atoms with van der Waals surface area (Å²) in [5, 5.41) is 7.92. The molecule has 0 unspecified atom stereocenters. The number of anilines is 2. The summed E-state index contributed by atoms with van der Waals surface area (Å²) in [4.78, 5) is 23.5. The van der Waals surface area contributed by atoms with Gasteiger partial charge < -0.3 is 10.2 Å². The molecule has 0 atom stereocenters.